The van der Waals surface area contributed by atoms with Crippen LogP contribution in [0.1, 0.15) is 35.7 Å². The molecular formula is C20H21NaO8. The van der Waals surface area contributed by atoms with Crippen LogP contribution < -0.4 is 44.1 Å². The summed E-state index contributed by atoms with van der Waals surface area (Å²) in [6, 6.07) is 6.91. The third kappa shape index (κ3) is 7.16. The van der Waals surface area contributed by atoms with Crippen LogP contribution in [-0.4, -0.2) is 40.3 Å². The summed E-state index contributed by atoms with van der Waals surface area (Å²) in [6.07, 6.45) is 1.04. The smallest absolute Gasteiger partial charge is 0.546 e. The van der Waals surface area contributed by atoms with Crippen LogP contribution in [0.15, 0.2) is 30.3 Å². The van der Waals surface area contributed by atoms with Gasteiger partial charge in [0.15, 0.2) is 17.3 Å². The molecule has 29 heavy (non-hydrogen) atoms. The maximum Gasteiger partial charge on any atom is 1.00 e. The Balaban J connectivity index is 0.00000420. The number of carboxylic acid groups (broad SMARTS) is 1. The van der Waals surface area contributed by atoms with Crippen molar-refractivity contribution in [3.05, 3.63) is 41.5 Å². The standard InChI is InChI=1S/C20H22O8.Na/c1-2-7-27-18-6-4-12(8-15(18)22)3-5-14(21)20-16(23)9-13(10-17(20)24)28-11-19(25)26;/h4,6,8-10,22-24H,2-3,5,7,11H2,1H3,(H,25,26);/q;+1/p-1. The summed E-state index contributed by atoms with van der Waals surface area (Å²) in [6.45, 7) is 1.67. The van der Waals surface area contributed by atoms with Crippen LogP contribution in [0, 0.1) is 0 Å². The first-order valence-electron chi connectivity index (χ1n) is 8.68. The van der Waals surface area contributed by atoms with Crippen molar-refractivity contribution in [2.45, 2.75) is 26.2 Å². The van der Waals surface area contributed by atoms with E-state index in [-0.39, 0.29) is 59.5 Å². The van der Waals surface area contributed by atoms with Crippen LogP contribution in [0.5, 0.6) is 28.7 Å². The van der Waals surface area contributed by atoms with Crippen molar-refractivity contribution in [2.75, 3.05) is 13.2 Å². The summed E-state index contributed by atoms with van der Waals surface area (Å²) in [5.74, 6) is -2.81. The molecule has 2 aromatic rings. The normalized spacial score (nSPS) is 10.1. The van der Waals surface area contributed by atoms with Crippen LogP contribution in [0.3, 0.4) is 0 Å². The van der Waals surface area contributed by atoms with Gasteiger partial charge in [0.2, 0.25) is 0 Å². The average Bonchev–Trinajstić information content (AvgIpc) is 2.63. The molecule has 0 spiro atoms. The van der Waals surface area contributed by atoms with Crippen molar-refractivity contribution in [1.29, 1.82) is 0 Å². The number of rotatable bonds is 10. The molecule has 3 N–H and O–H groups in total. The molecule has 8 nitrogen and oxygen atoms in total. The average molecular weight is 412 g/mol. The summed E-state index contributed by atoms with van der Waals surface area (Å²) in [5, 5.41) is 40.3. The molecule has 0 radical (unpaired) electrons. The molecule has 0 aromatic heterocycles. The van der Waals surface area contributed by atoms with Gasteiger partial charge >= 0.3 is 29.6 Å². The Morgan fingerprint density at radius 1 is 1.00 bits per heavy atom. The minimum Gasteiger partial charge on any atom is -0.546 e. The van der Waals surface area contributed by atoms with Crippen molar-refractivity contribution in [1.82, 2.24) is 0 Å². The van der Waals surface area contributed by atoms with E-state index in [2.05, 4.69) is 0 Å². The van der Waals surface area contributed by atoms with Crippen LogP contribution in [0.2, 0.25) is 0 Å². The zero-order valence-corrected chi connectivity index (χ0v) is 18.3. The van der Waals surface area contributed by atoms with Gasteiger partial charge in [-0.25, -0.2) is 0 Å². The number of phenols is 3. The summed E-state index contributed by atoms with van der Waals surface area (Å²) in [7, 11) is 0. The molecule has 2 aromatic carbocycles. The number of carbonyl (C=O) groups is 2. The topological polar surface area (TPSA) is 136 Å². The number of benzene rings is 2. The monoisotopic (exact) mass is 412 g/mol. The quantitative estimate of drug-likeness (QED) is 0.318. The van der Waals surface area contributed by atoms with Crippen LogP contribution >= 0.6 is 0 Å². The molecule has 150 valence electrons. The Bertz CT molecular complexity index is 843. The molecule has 2 rings (SSSR count). The molecule has 0 atom stereocenters. The van der Waals surface area contributed by atoms with Crippen molar-refractivity contribution in [3.8, 4) is 28.7 Å². The van der Waals surface area contributed by atoms with Gasteiger partial charge in [0.1, 0.15) is 29.4 Å². The fourth-order valence-corrected chi connectivity index (χ4v) is 2.53. The molecule has 0 aliphatic carbocycles. The Morgan fingerprint density at radius 2 is 1.66 bits per heavy atom. The molecule has 0 heterocycles. The number of phenolic OH excluding ortho intramolecular Hbond substituents is 3. The van der Waals surface area contributed by atoms with Crippen molar-refractivity contribution in [3.63, 3.8) is 0 Å². The molecule has 0 unspecified atom stereocenters. The second-order valence-corrected chi connectivity index (χ2v) is 6.07. The predicted molar refractivity (Wildman–Crippen MR) is 96.8 cm³/mol. The van der Waals surface area contributed by atoms with Crippen molar-refractivity contribution >= 4 is 11.8 Å². The number of ether oxygens (including phenoxy) is 2. The number of hydrogen-bond donors (Lipinski definition) is 3. The minimum absolute atomic E-state index is 0. The number of aryl methyl sites for hydroxylation is 1. The zero-order valence-electron chi connectivity index (χ0n) is 16.3. The second-order valence-electron chi connectivity index (χ2n) is 6.07. The SMILES string of the molecule is CCCOc1ccc(CCC(=O)c2c(O)cc(OCC(=O)[O-])cc2O)cc1O.[Na+]. The van der Waals surface area contributed by atoms with Gasteiger partial charge in [-0.3, -0.25) is 4.79 Å². The van der Waals surface area contributed by atoms with E-state index in [1.54, 1.807) is 12.1 Å². The number of carboxylic acids is 1. The fraction of sp³-hybridized carbons (Fsp3) is 0.300. The molecule has 9 heteroatoms. The molecule has 0 saturated heterocycles. The number of carbonyl (C=O) groups excluding carboxylic acids is 2. The van der Waals surface area contributed by atoms with Gasteiger partial charge < -0.3 is 34.7 Å². The first-order valence-corrected chi connectivity index (χ1v) is 8.68. The van der Waals surface area contributed by atoms with E-state index in [9.17, 15) is 30.0 Å². The van der Waals surface area contributed by atoms with Gasteiger partial charge in [-0.2, -0.15) is 0 Å². The van der Waals surface area contributed by atoms with E-state index in [0.717, 1.165) is 18.6 Å². The van der Waals surface area contributed by atoms with E-state index < -0.39 is 29.9 Å². The molecule has 0 saturated carbocycles. The van der Waals surface area contributed by atoms with Gasteiger partial charge in [0, 0.05) is 18.6 Å². The minimum atomic E-state index is -1.46. The number of aromatic hydroxyl groups is 3. The molecular weight excluding hydrogens is 391 g/mol. The largest absolute Gasteiger partial charge is 1.00 e. The van der Waals surface area contributed by atoms with E-state index >= 15 is 0 Å². The van der Waals surface area contributed by atoms with Gasteiger partial charge in [0.05, 0.1) is 12.6 Å². The van der Waals surface area contributed by atoms with Crippen LogP contribution in [0.4, 0.5) is 0 Å². The Labute approximate surface area is 190 Å². The van der Waals surface area contributed by atoms with Crippen LogP contribution in [0.25, 0.3) is 0 Å². The summed E-state index contributed by atoms with van der Waals surface area (Å²) in [4.78, 5) is 22.8. The first-order chi connectivity index (χ1) is 13.3. The maximum atomic E-state index is 12.4. The third-order valence-electron chi connectivity index (χ3n) is 3.83. The molecule has 0 amide bonds. The Hall–Kier alpha value is -2.42. The van der Waals surface area contributed by atoms with E-state index in [0.29, 0.717) is 17.9 Å². The van der Waals surface area contributed by atoms with E-state index in [1.165, 1.54) is 6.07 Å². The van der Waals surface area contributed by atoms with Gasteiger partial charge in [0.25, 0.3) is 0 Å². The molecule has 0 fully saturated rings. The molecule has 0 bridgehead atoms. The Kier molecular flexibility index (Phi) is 9.80. The maximum absolute atomic E-state index is 12.4. The third-order valence-corrected chi connectivity index (χ3v) is 3.83. The van der Waals surface area contributed by atoms with Gasteiger partial charge in [-0.1, -0.05) is 13.0 Å². The Morgan fingerprint density at radius 3 is 2.21 bits per heavy atom. The van der Waals surface area contributed by atoms with Crippen molar-refractivity contribution < 1.29 is 69.0 Å². The molecule has 0 aliphatic heterocycles. The number of ketones is 1. The number of hydrogen-bond acceptors (Lipinski definition) is 8. The first kappa shape index (κ1) is 24.6. The fourth-order valence-electron chi connectivity index (χ4n) is 2.53. The molecule has 0 aliphatic rings. The predicted octanol–water partition coefficient (Wildman–Crippen LogP) is -1.46. The summed E-state index contributed by atoms with van der Waals surface area (Å²) >= 11 is 0. The second kappa shape index (κ2) is 11.5. The number of aliphatic carboxylic acids is 1. The zero-order chi connectivity index (χ0) is 20.7. The van der Waals surface area contributed by atoms with Crippen LogP contribution in [-0.2, 0) is 11.2 Å². The van der Waals surface area contributed by atoms with Gasteiger partial charge in [-0.05, 0) is 30.5 Å². The summed E-state index contributed by atoms with van der Waals surface area (Å²) < 4.78 is 10.2. The number of Topliss-reactive ketones (excluding diaryl/α,β-unsaturated/α-hetero) is 1. The van der Waals surface area contributed by atoms with E-state index in [4.69, 9.17) is 9.47 Å². The van der Waals surface area contributed by atoms with Crippen molar-refractivity contribution in [2.24, 2.45) is 0 Å². The van der Waals surface area contributed by atoms with Gasteiger partial charge in [-0.15, -0.1) is 0 Å². The summed E-state index contributed by atoms with van der Waals surface area (Å²) in [5.41, 5.74) is 0.399. The van der Waals surface area contributed by atoms with E-state index in [1.807, 2.05) is 6.92 Å².